The Bertz CT molecular complexity index is 509. The Labute approximate surface area is 108 Å². The van der Waals surface area contributed by atoms with E-state index >= 15 is 0 Å². The first kappa shape index (κ1) is 12.8. The third-order valence-corrected chi connectivity index (χ3v) is 3.06. The van der Waals surface area contributed by atoms with E-state index < -0.39 is 0 Å². The Balaban J connectivity index is 2.08. The van der Waals surface area contributed by atoms with Gasteiger partial charge in [-0.05, 0) is 18.9 Å². The first-order valence-corrected chi connectivity index (χ1v) is 6.39. The Morgan fingerprint density at radius 1 is 1.39 bits per heavy atom. The highest BCUT2D eigenvalue weighted by Crippen LogP contribution is 2.12. The summed E-state index contributed by atoms with van der Waals surface area (Å²) in [7, 11) is 1.94. The number of nitrogens with zero attached hydrogens (tertiary/aromatic N) is 4. The van der Waals surface area contributed by atoms with Crippen molar-refractivity contribution in [3.8, 4) is 0 Å². The Kier molecular flexibility index (Phi) is 3.81. The van der Waals surface area contributed by atoms with Gasteiger partial charge >= 0.3 is 0 Å². The molecule has 0 unspecified atom stereocenters. The molecule has 0 aliphatic heterocycles. The molecule has 0 saturated heterocycles. The van der Waals surface area contributed by atoms with Gasteiger partial charge in [0, 0.05) is 38.4 Å². The second-order valence-corrected chi connectivity index (χ2v) is 4.69. The number of nitrogens with two attached hydrogens (primary N) is 1. The van der Waals surface area contributed by atoms with Gasteiger partial charge in [0.1, 0.15) is 5.82 Å². The SMILES string of the molecule is CCc1nc([C@H](C)N)cn1CCc1cnn(C)c1. The monoisotopic (exact) mass is 247 g/mol. The highest BCUT2D eigenvalue weighted by molar-refractivity contribution is 5.09. The predicted molar refractivity (Wildman–Crippen MR) is 71.1 cm³/mol. The van der Waals surface area contributed by atoms with Crippen LogP contribution in [0, 0.1) is 0 Å². The normalized spacial score (nSPS) is 12.9. The van der Waals surface area contributed by atoms with Gasteiger partial charge in [-0.2, -0.15) is 5.10 Å². The molecule has 18 heavy (non-hydrogen) atoms. The minimum Gasteiger partial charge on any atom is -0.334 e. The summed E-state index contributed by atoms with van der Waals surface area (Å²) in [6.45, 7) is 5.01. The summed E-state index contributed by atoms with van der Waals surface area (Å²) in [5, 5.41) is 4.18. The molecule has 1 atom stereocenters. The molecule has 2 aromatic heterocycles. The van der Waals surface area contributed by atoms with Crippen molar-refractivity contribution >= 4 is 0 Å². The lowest BCUT2D eigenvalue weighted by Crippen LogP contribution is -2.05. The van der Waals surface area contributed by atoms with Crippen molar-refractivity contribution in [1.82, 2.24) is 19.3 Å². The number of hydrogen-bond acceptors (Lipinski definition) is 3. The molecule has 98 valence electrons. The average molecular weight is 247 g/mol. The molecule has 5 nitrogen and oxygen atoms in total. The van der Waals surface area contributed by atoms with Crippen LogP contribution in [0.1, 0.15) is 37.0 Å². The topological polar surface area (TPSA) is 61.7 Å². The van der Waals surface area contributed by atoms with E-state index in [1.54, 1.807) is 0 Å². The molecule has 0 saturated carbocycles. The summed E-state index contributed by atoms with van der Waals surface area (Å²) in [6, 6.07) is -0.00468. The molecule has 0 amide bonds. The van der Waals surface area contributed by atoms with E-state index in [9.17, 15) is 0 Å². The number of aryl methyl sites for hydroxylation is 4. The van der Waals surface area contributed by atoms with E-state index in [-0.39, 0.29) is 6.04 Å². The maximum absolute atomic E-state index is 5.87. The highest BCUT2D eigenvalue weighted by atomic mass is 15.2. The highest BCUT2D eigenvalue weighted by Gasteiger charge is 2.09. The van der Waals surface area contributed by atoms with Gasteiger partial charge in [0.15, 0.2) is 0 Å². The molecule has 5 heteroatoms. The molecule has 0 aromatic carbocycles. The number of imidazole rings is 1. The van der Waals surface area contributed by atoms with Crippen LogP contribution in [-0.2, 0) is 26.4 Å². The smallest absolute Gasteiger partial charge is 0.108 e. The predicted octanol–water partition coefficient (Wildman–Crippen LogP) is 1.44. The fourth-order valence-corrected chi connectivity index (χ4v) is 2.02. The quantitative estimate of drug-likeness (QED) is 0.869. The van der Waals surface area contributed by atoms with Crippen LogP contribution in [0.4, 0.5) is 0 Å². The standard InChI is InChI=1S/C13H21N5/c1-4-13-16-12(10(2)14)9-18(13)6-5-11-7-15-17(3)8-11/h7-10H,4-6,14H2,1-3H3/t10-/m0/s1. The first-order valence-electron chi connectivity index (χ1n) is 6.39. The average Bonchev–Trinajstić information content (AvgIpc) is 2.92. The van der Waals surface area contributed by atoms with Crippen molar-refractivity contribution in [2.24, 2.45) is 12.8 Å². The summed E-state index contributed by atoms with van der Waals surface area (Å²) in [5.74, 6) is 1.10. The van der Waals surface area contributed by atoms with Crippen molar-refractivity contribution in [3.63, 3.8) is 0 Å². The van der Waals surface area contributed by atoms with Crippen molar-refractivity contribution in [2.75, 3.05) is 0 Å². The Hall–Kier alpha value is -1.62. The maximum atomic E-state index is 5.87. The zero-order chi connectivity index (χ0) is 13.1. The molecular formula is C13H21N5. The van der Waals surface area contributed by atoms with Crippen molar-refractivity contribution in [3.05, 3.63) is 35.7 Å². The van der Waals surface area contributed by atoms with E-state index in [1.165, 1.54) is 5.56 Å². The van der Waals surface area contributed by atoms with Gasteiger partial charge in [-0.3, -0.25) is 4.68 Å². The zero-order valence-electron chi connectivity index (χ0n) is 11.3. The van der Waals surface area contributed by atoms with Gasteiger partial charge in [0.2, 0.25) is 0 Å². The van der Waals surface area contributed by atoms with Crippen LogP contribution in [0.5, 0.6) is 0 Å². The minimum atomic E-state index is -0.00468. The van der Waals surface area contributed by atoms with E-state index in [2.05, 4.69) is 34.0 Å². The lowest BCUT2D eigenvalue weighted by atomic mass is 10.2. The summed E-state index contributed by atoms with van der Waals surface area (Å²) in [4.78, 5) is 4.56. The van der Waals surface area contributed by atoms with Crippen LogP contribution in [0.3, 0.4) is 0 Å². The molecule has 0 aliphatic rings. The van der Waals surface area contributed by atoms with Crippen LogP contribution in [0.2, 0.25) is 0 Å². The van der Waals surface area contributed by atoms with Crippen molar-refractivity contribution in [1.29, 1.82) is 0 Å². The third-order valence-electron chi connectivity index (χ3n) is 3.06. The number of rotatable bonds is 5. The van der Waals surface area contributed by atoms with Crippen LogP contribution >= 0.6 is 0 Å². The lowest BCUT2D eigenvalue weighted by molar-refractivity contribution is 0.655. The lowest BCUT2D eigenvalue weighted by Gasteiger charge is -2.04. The van der Waals surface area contributed by atoms with Gasteiger partial charge < -0.3 is 10.3 Å². The van der Waals surface area contributed by atoms with E-state index in [0.717, 1.165) is 30.9 Å². The van der Waals surface area contributed by atoms with Crippen molar-refractivity contribution < 1.29 is 0 Å². The second-order valence-electron chi connectivity index (χ2n) is 4.69. The largest absolute Gasteiger partial charge is 0.334 e. The van der Waals surface area contributed by atoms with Gasteiger partial charge in [-0.25, -0.2) is 4.98 Å². The zero-order valence-corrected chi connectivity index (χ0v) is 11.3. The molecular weight excluding hydrogens is 226 g/mol. The van der Waals surface area contributed by atoms with Gasteiger partial charge in [-0.1, -0.05) is 6.92 Å². The van der Waals surface area contributed by atoms with Crippen LogP contribution in [0.15, 0.2) is 18.6 Å². The van der Waals surface area contributed by atoms with E-state index in [0.29, 0.717) is 0 Å². The van der Waals surface area contributed by atoms with Gasteiger partial charge in [0.05, 0.1) is 11.9 Å². The van der Waals surface area contributed by atoms with Gasteiger partial charge in [-0.15, -0.1) is 0 Å². The first-order chi connectivity index (χ1) is 8.60. The maximum Gasteiger partial charge on any atom is 0.108 e. The fraction of sp³-hybridized carbons (Fsp3) is 0.538. The van der Waals surface area contributed by atoms with Crippen molar-refractivity contribution in [2.45, 2.75) is 39.3 Å². The Morgan fingerprint density at radius 2 is 2.17 bits per heavy atom. The molecule has 0 bridgehead atoms. The molecule has 2 N–H and O–H groups in total. The second kappa shape index (κ2) is 5.35. The summed E-state index contributed by atoms with van der Waals surface area (Å²) < 4.78 is 4.03. The van der Waals surface area contributed by atoms with E-state index in [1.807, 2.05) is 24.9 Å². The third kappa shape index (κ3) is 2.79. The van der Waals surface area contributed by atoms with Crippen LogP contribution in [0.25, 0.3) is 0 Å². The Morgan fingerprint density at radius 3 is 2.72 bits per heavy atom. The molecule has 2 aromatic rings. The molecule has 0 spiro atoms. The summed E-state index contributed by atoms with van der Waals surface area (Å²) in [6.07, 6.45) is 7.93. The summed E-state index contributed by atoms with van der Waals surface area (Å²) >= 11 is 0. The molecule has 2 rings (SSSR count). The number of aromatic nitrogens is 4. The molecule has 0 aliphatic carbocycles. The minimum absolute atomic E-state index is 0.00468. The number of hydrogen-bond donors (Lipinski definition) is 1. The van der Waals surface area contributed by atoms with Crippen LogP contribution < -0.4 is 5.73 Å². The van der Waals surface area contributed by atoms with E-state index in [4.69, 9.17) is 5.73 Å². The van der Waals surface area contributed by atoms with Gasteiger partial charge in [0.25, 0.3) is 0 Å². The summed E-state index contributed by atoms with van der Waals surface area (Å²) in [5.41, 5.74) is 8.09. The fourth-order valence-electron chi connectivity index (χ4n) is 2.02. The molecule has 2 heterocycles. The molecule has 0 fully saturated rings. The molecule has 0 radical (unpaired) electrons. The van der Waals surface area contributed by atoms with Crippen LogP contribution in [-0.4, -0.2) is 19.3 Å².